The third-order valence-corrected chi connectivity index (χ3v) is 5.48. The fraction of sp³-hybridized carbons (Fsp3) is 0.800. The first kappa shape index (κ1) is 17.3. The second kappa shape index (κ2) is 8.53. The molecule has 1 heterocycles. The number of methoxy groups -OCH3 is 1. The number of hydrogen-bond acceptors (Lipinski definition) is 5. The number of aromatic nitrogens is 3. The molecule has 0 bridgehead atoms. The molecule has 6 nitrogen and oxygen atoms in total. The van der Waals surface area contributed by atoms with Crippen LogP contribution in [0.25, 0.3) is 0 Å². The lowest BCUT2D eigenvalue weighted by Crippen LogP contribution is -2.44. The first-order valence-electron chi connectivity index (χ1n) is 7.90. The van der Waals surface area contributed by atoms with Crippen LogP contribution in [0.1, 0.15) is 33.1 Å². The number of carbonyl (C=O) groups is 1. The van der Waals surface area contributed by atoms with E-state index in [-0.39, 0.29) is 5.91 Å². The molecule has 3 unspecified atom stereocenters. The number of thioether (sulfide) groups is 1. The average molecular weight is 326 g/mol. The second-order valence-electron chi connectivity index (χ2n) is 6.03. The van der Waals surface area contributed by atoms with Crippen LogP contribution in [0.15, 0.2) is 11.5 Å². The molecular weight excluding hydrogens is 300 g/mol. The molecule has 7 heteroatoms. The molecule has 22 heavy (non-hydrogen) atoms. The molecule has 124 valence electrons. The van der Waals surface area contributed by atoms with Crippen LogP contribution in [0, 0.1) is 11.8 Å². The Morgan fingerprint density at radius 1 is 1.50 bits per heavy atom. The Labute approximate surface area is 136 Å². The molecule has 0 aromatic carbocycles. The summed E-state index contributed by atoms with van der Waals surface area (Å²) >= 11 is 1.42. The van der Waals surface area contributed by atoms with Gasteiger partial charge in [-0.05, 0) is 18.3 Å². The monoisotopic (exact) mass is 326 g/mol. The maximum atomic E-state index is 12.2. The highest BCUT2D eigenvalue weighted by atomic mass is 32.2. The van der Waals surface area contributed by atoms with Gasteiger partial charge in [-0.1, -0.05) is 38.5 Å². The lowest BCUT2D eigenvalue weighted by Gasteiger charge is -2.34. The molecule has 3 atom stereocenters. The average Bonchev–Trinajstić information content (AvgIpc) is 2.95. The van der Waals surface area contributed by atoms with Crippen LogP contribution in [0.4, 0.5) is 0 Å². The molecule has 0 radical (unpaired) electrons. The van der Waals surface area contributed by atoms with Crippen molar-refractivity contribution in [3.05, 3.63) is 6.33 Å². The van der Waals surface area contributed by atoms with Gasteiger partial charge in [0.1, 0.15) is 6.33 Å². The Kier molecular flexibility index (Phi) is 6.70. The van der Waals surface area contributed by atoms with Crippen molar-refractivity contribution in [2.45, 2.75) is 50.9 Å². The number of amides is 1. The molecule has 1 aromatic heterocycles. The van der Waals surface area contributed by atoms with Crippen LogP contribution >= 0.6 is 11.8 Å². The molecule has 1 N–H and O–H groups in total. The predicted octanol–water partition coefficient (Wildman–Crippen LogP) is 1.96. The van der Waals surface area contributed by atoms with E-state index >= 15 is 0 Å². The van der Waals surface area contributed by atoms with Crippen molar-refractivity contribution in [2.75, 3.05) is 19.5 Å². The van der Waals surface area contributed by atoms with Crippen molar-refractivity contribution in [1.82, 2.24) is 20.1 Å². The summed E-state index contributed by atoms with van der Waals surface area (Å²) in [6.07, 6.45) is 5.23. The maximum absolute atomic E-state index is 12.2. The van der Waals surface area contributed by atoms with Crippen molar-refractivity contribution >= 4 is 17.7 Å². The summed E-state index contributed by atoms with van der Waals surface area (Å²) in [4.78, 5) is 12.2. The molecule has 1 amide bonds. The molecule has 1 fully saturated rings. The summed E-state index contributed by atoms with van der Waals surface area (Å²) in [5.41, 5.74) is 0. The summed E-state index contributed by atoms with van der Waals surface area (Å²) in [6.45, 7) is 5.82. The Morgan fingerprint density at radius 2 is 2.32 bits per heavy atom. The largest absolute Gasteiger partial charge is 0.383 e. The Hall–Kier alpha value is -1.08. The lowest BCUT2D eigenvalue weighted by atomic mass is 9.78. The van der Waals surface area contributed by atoms with E-state index in [4.69, 9.17) is 4.74 Å². The fourth-order valence-corrected chi connectivity index (χ4v) is 3.62. The highest BCUT2D eigenvalue weighted by molar-refractivity contribution is 7.99. The van der Waals surface area contributed by atoms with E-state index in [2.05, 4.69) is 29.4 Å². The molecular formula is C15H26N4O2S. The summed E-state index contributed by atoms with van der Waals surface area (Å²) in [7, 11) is 1.66. The molecule has 0 aliphatic heterocycles. The van der Waals surface area contributed by atoms with Gasteiger partial charge in [-0.25, -0.2) is 0 Å². The molecule has 1 aromatic rings. The number of nitrogens with zero attached hydrogens (tertiary/aromatic N) is 3. The standard InChI is InChI=1S/C15H26N4O2S/c1-11-5-4-6-13(12(11)2)17-14(20)9-22-15-18-16-10-19(15)7-8-21-3/h10-13H,4-9H2,1-3H3,(H,17,20). The van der Waals surface area contributed by atoms with E-state index in [1.54, 1.807) is 13.4 Å². The van der Waals surface area contributed by atoms with Gasteiger partial charge in [0, 0.05) is 19.7 Å². The minimum Gasteiger partial charge on any atom is -0.383 e. The van der Waals surface area contributed by atoms with E-state index in [9.17, 15) is 4.79 Å². The molecule has 0 saturated heterocycles. The van der Waals surface area contributed by atoms with Gasteiger partial charge in [-0.15, -0.1) is 10.2 Å². The molecule has 2 rings (SSSR count). The fourth-order valence-electron chi connectivity index (χ4n) is 2.86. The van der Waals surface area contributed by atoms with E-state index in [1.807, 2.05) is 4.57 Å². The minimum absolute atomic E-state index is 0.0808. The zero-order chi connectivity index (χ0) is 15.9. The number of rotatable bonds is 7. The molecule has 1 aliphatic carbocycles. The van der Waals surface area contributed by atoms with Gasteiger partial charge in [-0.2, -0.15) is 0 Å². The van der Waals surface area contributed by atoms with E-state index in [0.717, 1.165) is 11.6 Å². The zero-order valence-corrected chi connectivity index (χ0v) is 14.4. The van der Waals surface area contributed by atoms with Crippen molar-refractivity contribution in [3.63, 3.8) is 0 Å². The first-order chi connectivity index (χ1) is 10.6. The van der Waals surface area contributed by atoms with Gasteiger partial charge < -0.3 is 14.6 Å². The van der Waals surface area contributed by atoms with Gasteiger partial charge in [0.25, 0.3) is 0 Å². The van der Waals surface area contributed by atoms with Crippen molar-refractivity contribution in [1.29, 1.82) is 0 Å². The van der Waals surface area contributed by atoms with E-state index in [0.29, 0.717) is 36.8 Å². The van der Waals surface area contributed by atoms with Crippen LogP contribution in [-0.2, 0) is 16.1 Å². The van der Waals surface area contributed by atoms with Crippen LogP contribution in [-0.4, -0.2) is 46.2 Å². The number of carbonyl (C=O) groups excluding carboxylic acids is 1. The van der Waals surface area contributed by atoms with Gasteiger partial charge >= 0.3 is 0 Å². The van der Waals surface area contributed by atoms with Crippen LogP contribution in [0.3, 0.4) is 0 Å². The normalized spacial score (nSPS) is 25.1. The highest BCUT2D eigenvalue weighted by Crippen LogP contribution is 2.29. The summed E-state index contributed by atoms with van der Waals surface area (Å²) in [5, 5.41) is 11.9. The SMILES string of the molecule is COCCn1cnnc1SCC(=O)NC1CCCC(C)C1C. The topological polar surface area (TPSA) is 69.0 Å². The molecule has 1 saturated carbocycles. The summed E-state index contributed by atoms with van der Waals surface area (Å²) < 4.78 is 6.96. The van der Waals surface area contributed by atoms with Gasteiger partial charge in [0.2, 0.25) is 5.91 Å². The number of nitrogens with one attached hydrogen (secondary N) is 1. The zero-order valence-electron chi connectivity index (χ0n) is 13.6. The summed E-state index contributed by atoms with van der Waals surface area (Å²) in [5.74, 6) is 1.69. The van der Waals surface area contributed by atoms with Crippen molar-refractivity contribution in [2.24, 2.45) is 11.8 Å². The molecule has 1 aliphatic rings. The van der Waals surface area contributed by atoms with Gasteiger partial charge in [-0.3, -0.25) is 4.79 Å². The Balaban J connectivity index is 1.79. The maximum Gasteiger partial charge on any atom is 0.230 e. The van der Waals surface area contributed by atoms with Crippen LogP contribution < -0.4 is 5.32 Å². The van der Waals surface area contributed by atoms with Gasteiger partial charge in [0.05, 0.1) is 12.4 Å². The second-order valence-corrected chi connectivity index (χ2v) is 6.97. The minimum atomic E-state index is 0.0808. The van der Waals surface area contributed by atoms with Gasteiger partial charge in [0.15, 0.2) is 5.16 Å². The Bertz CT molecular complexity index is 480. The highest BCUT2D eigenvalue weighted by Gasteiger charge is 2.28. The van der Waals surface area contributed by atoms with Crippen LogP contribution in [0.2, 0.25) is 0 Å². The van der Waals surface area contributed by atoms with Crippen LogP contribution in [0.5, 0.6) is 0 Å². The predicted molar refractivity (Wildman–Crippen MR) is 86.7 cm³/mol. The quantitative estimate of drug-likeness (QED) is 0.776. The number of hydrogen-bond donors (Lipinski definition) is 1. The van der Waals surface area contributed by atoms with E-state index in [1.165, 1.54) is 24.6 Å². The third kappa shape index (κ3) is 4.71. The molecule has 0 spiro atoms. The Morgan fingerprint density at radius 3 is 3.09 bits per heavy atom. The lowest BCUT2D eigenvalue weighted by molar-refractivity contribution is -0.120. The van der Waals surface area contributed by atoms with E-state index < -0.39 is 0 Å². The number of ether oxygens (including phenoxy) is 1. The first-order valence-corrected chi connectivity index (χ1v) is 8.89. The smallest absolute Gasteiger partial charge is 0.230 e. The van der Waals surface area contributed by atoms with Crippen molar-refractivity contribution in [3.8, 4) is 0 Å². The summed E-state index contributed by atoms with van der Waals surface area (Å²) in [6, 6.07) is 0.309. The van der Waals surface area contributed by atoms with Crippen molar-refractivity contribution < 1.29 is 9.53 Å². The third-order valence-electron chi connectivity index (χ3n) is 4.50.